The Labute approximate surface area is 91.2 Å². The lowest BCUT2D eigenvalue weighted by Gasteiger charge is -2.06. The fraction of sp³-hybridized carbons (Fsp3) is 0.200. The van der Waals surface area contributed by atoms with Gasteiger partial charge in [0.15, 0.2) is 5.82 Å². The lowest BCUT2D eigenvalue weighted by atomic mass is 10.2. The van der Waals surface area contributed by atoms with Crippen LogP contribution in [0.3, 0.4) is 0 Å². The maximum Gasteiger partial charge on any atom is 0.340 e. The Kier molecular flexibility index (Phi) is 2.63. The van der Waals surface area contributed by atoms with E-state index in [1.807, 2.05) is 0 Å². The molecule has 0 fully saturated rings. The Morgan fingerprint density at radius 1 is 1.12 bits per heavy atom. The number of methoxy groups -OCH3 is 2. The van der Waals surface area contributed by atoms with E-state index in [0.717, 1.165) is 5.56 Å². The number of nitrogens with zero attached hydrogens (tertiary/aromatic N) is 1. The van der Waals surface area contributed by atoms with Crippen LogP contribution in [0.25, 0.3) is 11.4 Å². The summed E-state index contributed by atoms with van der Waals surface area (Å²) in [6.07, 6.45) is 0. The first-order chi connectivity index (χ1) is 7.72. The zero-order valence-electron chi connectivity index (χ0n) is 8.90. The molecule has 0 aliphatic carbocycles. The summed E-state index contributed by atoms with van der Waals surface area (Å²) in [6, 6.07) is 5.26. The van der Waals surface area contributed by atoms with Gasteiger partial charge < -0.3 is 9.47 Å². The highest BCUT2D eigenvalue weighted by Gasteiger charge is 2.06. The number of ether oxygens (including phenoxy) is 2. The third kappa shape index (κ3) is 1.90. The van der Waals surface area contributed by atoms with Gasteiger partial charge in [-0.15, -0.1) is 0 Å². The Hall–Kier alpha value is -2.24. The van der Waals surface area contributed by atoms with Crippen LogP contribution >= 0.6 is 0 Å². The first kappa shape index (κ1) is 10.3. The smallest absolute Gasteiger partial charge is 0.340 e. The van der Waals surface area contributed by atoms with E-state index in [1.165, 1.54) is 0 Å². The summed E-state index contributed by atoms with van der Waals surface area (Å²) in [7, 11) is 3.12. The van der Waals surface area contributed by atoms with E-state index in [-0.39, 0.29) is 5.69 Å². The predicted molar refractivity (Wildman–Crippen MR) is 57.7 cm³/mol. The van der Waals surface area contributed by atoms with Crippen molar-refractivity contribution in [3.05, 3.63) is 28.7 Å². The maximum atomic E-state index is 10.9. The number of aromatic amines is 2. The minimum Gasteiger partial charge on any atom is -0.497 e. The van der Waals surface area contributed by atoms with Gasteiger partial charge in [-0.25, -0.2) is 9.89 Å². The van der Waals surface area contributed by atoms with Crippen molar-refractivity contribution in [3.8, 4) is 22.9 Å². The molecule has 0 saturated heterocycles. The number of benzene rings is 1. The zero-order valence-corrected chi connectivity index (χ0v) is 8.90. The van der Waals surface area contributed by atoms with Gasteiger partial charge in [-0.2, -0.15) is 5.10 Å². The average Bonchev–Trinajstić information content (AvgIpc) is 2.75. The standard InChI is InChI=1S/C10H11N3O3/c1-15-7-3-6(4-8(5-7)16-2)9-11-10(14)13-12-9/h3-5H,1-2H3,(H2,11,12,13,14). The van der Waals surface area contributed by atoms with Crippen LogP contribution in [0.15, 0.2) is 23.0 Å². The van der Waals surface area contributed by atoms with Crippen molar-refractivity contribution in [2.24, 2.45) is 0 Å². The second kappa shape index (κ2) is 4.09. The fourth-order valence-corrected chi connectivity index (χ4v) is 1.35. The molecule has 0 spiro atoms. The molecular weight excluding hydrogens is 210 g/mol. The Balaban J connectivity index is 2.51. The van der Waals surface area contributed by atoms with E-state index in [1.54, 1.807) is 32.4 Å². The van der Waals surface area contributed by atoms with E-state index in [2.05, 4.69) is 15.2 Å². The maximum absolute atomic E-state index is 10.9. The van der Waals surface area contributed by atoms with Gasteiger partial charge in [0.1, 0.15) is 11.5 Å². The molecule has 1 aromatic carbocycles. The number of aromatic nitrogens is 3. The molecule has 0 aliphatic rings. The molecule has 2 aromatic rings. The lowest BCUT2D eigenvalue weighted by Crippen LogP contribution is -2.00. The highest BCUT2D eigenvalue weighted by Crippen LogP contribution is 2.26. The van der Waals surface area contributed by atoms with Gasteiger partial charge in [-0.3, -0.25) is 4.98 Å². The van der Waals surface area contributed by atoms with Crippen LogP contribution in [0, 0.1) is 0 Å². The SMILES string of the molecule is COc1cc(OC)cc(-c2n[nH]c(=O)[nH]2)c1. The Morgan fingerprint density at radius 2 is 1.75 bits per heavy atom. The molecule has 84 valence electrons. The first-order valence-electron chi connectivity index (χ1n) is 4.61. The largest absolute Gasteiger partial charge is 0.497 e. The van der Waals surface area contributed by atoms with Gasteiger partial charge in [0.05, 0.1) is 14.2 Å². The quantitative estimate of drug-likeness (QED) is 0.802. The highest BCUT2D eigenvalue weighted by molar-refractivity contribution is 5.60. The van der Waals surface area contributed by atoms with Crippen LogP contribution in [0.4, 0.5) is 0 Å². The fourth-order valence-electron chi connectivity index (χ4n) is 1.35. The molecule has 1 heterocycles. The Bertz CT molecular complexity index is 522. The third-order valence-electron chi connectivity index (χ3n) is 2.13. The van der Waals surface area contributed by atoms with Crippen LogP contribution < -0.4 is 15.2 Å². The molecule has 2 rings (SSSR count). The van der Waals surface area contributed by atoms with Gasteiger partial charge in [-0.05, 0) is 12.1 Å². The van der Waals surface area contributed by atoms with Gasteiger partial charge in [-0.1, -0.05) is 0 Å². The second-order valence-electron chi connectivity index (χ2n) is 3.13. The normalized spacial score (nSPS) is 10.1. The van der Waals surface area contributed by atoms with Crippen molar-refractivity contribution in [2.45, 2.75) is 0 Å². The third-order valence-corrected chi connectivity index (χ3v) is 2.13. The molecule has 6 heteroatoms. The monoisotopic (exact) mass is 221 g/mol. The molecule has 1 aromatic heterocycles. The molecule has 0 radical (unpaired) electrons. The number of hydrogen-bond donors (Lipinski definition) is 2. The summed E-state index contributed by atoms with van der Waals surface area (Å²) < 4.78 is 10.2. The van der Waals surface area contributed by atoms with Crippen LogP contribution in [-0.2, 0) is 0 Å². The Morgan fingerprint density at radius 3 is 2.19 bits per heavy atom. The van der Waals surface area contributed by atoms with E-state index in [4.69, 9.17) is 9.47 Å². The van der Waals surface area contributed by atoms with E-state index in [0.29, 0.717) is 17.3 Å². The van der Waals surface area contributed by atoms with E-state index >= 15 is 0 Å². The van der Waals surface area contributed by atoms with Crippen molar-refractivity contribution >= 4 is 0 Å². The molecule has 0 unspecified atom stereocenters. The molecule has 0 amide bonds. The summed E-state index contributed by atoms with van der Waals surface area (Å²) in [6.45, 7) is 0. The summed E-state index contributed by atoms with van der Waals surface area (Å²) >= 11 is 0. The van der Waals surface area contributed by atoms with Gasteiger partial charge in [0.2, 0.25) is 0 Å². The molecule has 0 aliphatic heterocycles. The lowest BCUT2D eigenvalue weighted by molar-refractivity contribution is 0.394. The molecule has 0 bridgehead atoms. The van der Waals surface area contributed by atoms with Crippen molar-refractivity contribution < 1.29 is 9.47 Å². The molecular formula is C10H11N3O3. The van der Waals surface area contributed by atoms with E-state index < -0.39 is 0 Å². The van der Waals surface area contributed by atoms with Crippen LogP contribution in [0.5, 0.6) is 11.5 Å². The summed E-state index contributed by atoms with van der Waals surface area (Å²) in [5, 5.41) is 6.13. The number of H-pyrrole nitrogens is 2. The van der Waals surface area contributed by atoms with Crippen LogP contribution in [0.1, 0.15) is 0 Å². The number of hydrogen-bond acceptors (Lipinski definition) is 4. The predicted octanol–water partition coefficient (Wildman–Crippen LogP) is 0.782. The molecule has 6 nitrogen and oxygen atoms in total. The second-order valence-corrected chi connectivity index (χ2v) is 3.13. The van der Waals surface area contributed by atoms with Crippen molar-refractivity contribution in [3.63, 3.8) is 0 Å². The molecule has 0 atom stereocenters. The minimum absolute atomic E-state index is 0.350. The summed E-state index contributed by atoms with van der Waals surface area (Å²) in [5.41, 5.74) is 0.367. The summed E-state index contributed by atoms with van der Waals surface area (Å²) in [5.74, 6) is 1.72. The van der Waals surface area contributed by atoms with Gasteiger partial charge in [0, 0.05) is 11.6 Å². The van der Waals surface area contributed by atoms with Crippen molar-refractivity contribution in [1.82, 2.24) is 15.2 Å². The van der Waals surface area contributed by atoms with E-state index in [9.17, 15) is 4.79 Å². The number of nitrogens with one attached hydrogen (secondary N) is 2. The zero-order chi connectivity index (χ0) is 11.5. The van der Waals surface area contributed by atoms with Crippen molar-refractivity contribution in [1.29, 1.82) is 0 Å². The first-order valence-corrected chi connectivity index (χ1v) is 4.61. The van der Waals surface area contributed by atoms with Crippen LogP contribution in [-0.4, -0.2) is 29.4 Å². The number of rotatable bonds is 3. The van der Waals surface area contributed by atoms with Gasteiger partial charge >= 0.3 is 5.69 Å². The van der Waals surface area contributed by atoms with Gasteiger partial charge in [0.25, 0.3) is 0 Å². The molecule has 16 heavy (non-hydrogen) atoms. The van der Waals surface area contributed by atoms with Crippen molar-refractivity contribution in [2.75, 3.05) is 14.2 Å². The minimum atomic E-state index is -0.350. The average molecular weight is 221 g/mol. The van der Waals surface area contributed by atoms with Crippen LogP contribution in [0.2, 0.25) is 0 Å². The molecule has 0 saturated carbocycles. The topological polar surface area (TPSA) is 80.0 Å². The molecule has 2 N–H and O–H groups in total. The summed E-state index contributed by atoms with van der Waals surface area (Å²) in [4.78, 5) is 13.5. The highest BCUT2D eigenvalue weighted by atomic mass is 16.5.